The van der Waals surface area contributed by atoms with Gasteiger partial charge < -0.3 is 10.2 Å². The largest absolute Gasteiger partial charge is 0.406 e. The zero-order valence-electron chi connectivity index (χ0n) is 7.38. The first-order chi connectivity index (χ1) is 6.75. The van der Waals surface area contributed by atoms with Crippen molar-refractivity contribution in [3.8, 4) is 0 Å². The number of anilines is 1. The lowest BCUT2D eigenvalue weighted by molar-refractivity contribution is 0.503. The average Bonchev–Trinajstić information content (AvgIpc) is 2.69. The van der Waals surface area contributed by atoms with Crippen molar-refractivity contribution < 1.29 is 4.42 Å². The van der Waals surface area contributed by atoms with Crippen molar-refractivity contribution in [1.29, 1.82) is 0 Å². The molecule has 0 spiro atoms. The maximum Gasteiger partial charge on any atom is 0.339 e. The molecule has 0 amide bonds. The molecule has 0 unspecified atom stereocenters. The fourth-order valence-corrected chi connectivity index (χ4v) is 1.23. The first-order valence-electron chi connectivity index (χ1n) is 4.16. The van der Waals surface area contributed by atoms with Crippen LogP contribution in [0.4, 0.5) is 6.01 Å². The van der Waals surface area contributed by atoms with Crippen LogP contribution in [0.25, 0.3) is 0 Å². The van der Waals surface area contributed by atoms with E-state index in [1.54, 1.807) is 11.2 Å². The Balaban J connectivity index is 2.09. The summed E-state index contributed by atoms with van der Waals surface area (Å²) in [6.07, 6.45) is 3.03. The van der Waals surface area contributed by atoms with Crippen molar-refractivity contribution in [3.63, 3.8) is 0 Å². The lowest BCUT2D eigenvalue weighted by atomic mass is 10.4. The topological polar surface area (TPSA) is 80.5 Å². The molecular weight excluding hydrogens is 202 g/mol. The third-order valence-electron chi connectivity index (χ3n) is 1.69. The maximum atomic E-state index is 5.35. The first kappa shape index (κ1) is 9.07. The van der Waals surface area contributed by atoms with Gasteiger partial charge in [-0.15, -0.1) is 5.10 Å². The normalized spacial score (nSPS) is 15.0. The number of hydrogen-bond donors (Lipinski definition) is 1. The summed E-state index contributed by atoms with van der Waals surface area (Å²) in [5.41, 5.74) is 5.35. The number of hydrazone groups is 1. The van der Waals surface area contributed by atoms with Crippen LogP contribution in [0.2, 0.25) is 0 Å². The van der Waals surface area contributed by atoms with Gasteiger partial charge >= 0.3 is 6.01 Å². The fourth-order valence-electron chi connectivity index (χ4n) is 1.11. The van der Waals surface area contributed by atoms with E-state index < -0.39 is 0 Å². The SMILES string of the molecule is NC(=S)Cc1nnc(N2CCC=N2)o1. The molecule has 7 heteroatoms. The summed E-state index contributed by atoms with van der Waals surface area (Å²) in [5.74, 6) is 0.426. The molecule has 74 valence electrons. The Labute approximate surface area is 85.8 Å². The second-order valence-electron chi connectivity index (χ2n) is 2.83. The number of nitrogens with zero attached hydrogens (tertiary/aromatic N) is 4. The van der Waals surface area contributed by atoms with Gasteiger partial charge in [0, 0.05) is 12.6 Å². The molecule has 2 N–H and O–H groups in total. The molecule has 1 aromatic rings. The molecule has 1 aromatic heterocycles. The van der Waals surface area contributed by atoms with E-state index in [-0.39, 0.29) is 0 Å². The van der Waals surface area contributed by atoms with Gasteiger partial charge in [0.25, 0.3) is 0 Å². The van der Waals surface area contributed by atoms with Crippen LogP contribution in [0.1, 0.15) is 12.3 Å². The summed E-state index contributed by atoms with van der Waals surface area (Å²) in [5, 5.41) is 13.3. The molecule has 2 heterocycles. The molecular formula is C7H9N5OS. The first-order valence-corrected chi connectivity index (χ1v) is 4.57. The van der Waals surface area contributed by atoms with Crippen LogP contribution in [-0.2, 0) is 6.42 Å². The van der Waals surface area contributed by atoms with Crippen LogP contribution in [0.5, 0.6) is 0 Å². The van der Waals surface area contributed by atoms with Crippen LogP contribution in [0.3, 0.4) is 0 Å². The quantitative estimate of drug-likeness (QED) is 0.714. The minimum absolute atomic E-state index is 0.333. The molecule has 0 atom stereocenters. The molecule has 6 nitrogen and oxygen atoms in total. The zero-order valence-corrected chi connectivity index (χ0v) is 8.20. The highest BCUT2D eigenvalue weighted by Crippen LogP contribution is 2.15. The highest BCUT2D eigenvalue weighted by molar-refractivity contribution is 7.80. The molecule has 0 aromatic carbocycles. The zero-order chi connectivity index (χ0) is 9.97. The standard InChI is InChI=1S/C7H9N5OS/c8-5(14)4-6-10-11-7(13-6)12-3-1-2-9-12/h2H,1,3-4H2,(H2,8,14). The van der Waals surface area contributed by atoms with Crippen LogP contribution in [0.15, 0.2) is 9.52 Å². The van der Waals surface area contributed by atoms with Crippen molar-refractivity contribution in [3.05, 3.63) is 5.89 Å². The molecule has 1 aliphatic heterocycles. The molecule has 0 saturated carbocycles. The van der Waals surface area contributed by atoms with Crippen molar-refractivity contribution in [2.24, 2.45) is 10.8 Å². The van der Waals surface area contributed by atoms with Crippen LogP contribution < -0.4 is 10.7 Å². The maximum absolute atomic E-state index is 5.35. The minimum atomic E-state index is 0.333. The Kier molecular flexibility index (Phi) is 2.40. The van der Waals surface area contributed by atoms with Crippen molar-refractivity contribution >= 4 is 29.4 Å². The van der Waals surface area contributed by atoms with E-state index in [4.69, 9.17) is 22.4 Å². The average molecular weight is 211 g/mol. The molecule has 0 fully saturated rings. The van der Waals surface area contributed by atoms with Gasteiger partial charge in [0.05, 0.1) is 18.0 Å². The summed E-state index contributed by atoms with van der Waals surface area (Å²) in [6.45, 7) is 0.773. The van der Waals surface area contributed by atoms with Gasteiger partial charge in [0.1, 0.15) is 0 Å². The Morgan fingerprint density at radius 2 is 2.50 bits per heavy atom. The number of nitrogens with two attached hydrogens (primary N) is 1. The van der Waals surface area contributed by atoms with Gasteiger partial charge in [-0.2, -0.15) is 5.10 Å². The number of hydrogen-bond acceptors (Lipinski definition) is 6. The van der Waals surface area contributed by atoms with E-state index in [0.717, 1.165) is 13.0 Å². The lowest BCUT2D eigenvalue weighted by Crippen LogP contribution is -2.12. The second-order valence-corrected chi connectivity index (χ2v) is 3.36. The van der Waals surface area contributed by atoms with Gasteiger partial charge in [0.2, 0.25) is 5.89 Å². The summed E-state index contributed by atoms with van der Waals surface area (Å²) >= 11 is 4.73. The molecule has 0 aliphatic carbocycles. The molecule has 1 aliphatic rings. The fraction of sp³-hybridized carbons (Fsp3) is 0.429. The third-order valence-corrected chi connectivity index (χ3v) is 1.84. The van der Waals surface area contributed by atoms with Crippen LogP contribution in [0, 0.1) is 0 Å². The number of rotatable bonds is 3. The number of aromatic nitrogens is 2. The van der Waals surface area contributed by atoms with E-state index >= 15 is 0 Å². The Bertz CT molecular complexity index is 374. The minimum Gasteiger partial charge on any atom is -0.406 e. The number of thiocarbonyl (C=S) groups is 1. The summed E-state index contributed by atoms with van der Waals surface area (Å²) in [4.78, 5) is 0.338. The summed E-state index contributed by atoms with van der Waals surface area (Å²) in [6, 6.07) is 0.394. The van der Waals surface area contributed by atoms with Gasteiger partial charge in [-0.25, -0.2) is 5.01 Å². The second kappa shape index (κ2) is 3.70. The predicted octanol–water partition coefficient (Wildman–Crippen LogP) is 0.0941. The van der Waals surface area contributed by atoms with Crippen molar-refractivity contribution in [1.82, 2.24) is 10.2 Å². The van der Waals surface area contributed by atoms with E-state index in [1.807, 2.05) is 0 Å². The van der Waals surface area contributed by atoms with Crippen LogP contribution in [-0.4, -0.2) is 27.9 Å². The Morgan fingerprint density at radius 1 is 1.64 bits per heavy atom. The van der Waals surface area contributed by atoms with Crippen molar-refractivity contribution in [2.45, 2.75) is 12.8 Å². The molecule has 0 saturated heterocycles. The Hall–Kier alpha value is -1.50. The Morgan fingerprint density at radius 3 is 3.14 bits per heavy atom. The van der Waals surface area contributed by atoms with Crippen LogP contribution >= 0.6 is 12.2 Å². The van der Waals surface area contributed by atoms with E-state index in [9.17, 15) is 0 Å². The van der Waals surface area contributed by atoms with Gasteiger partial charge in [0.15, 0.2) is 0 Å². The lowest BCUT2D eigenvalue weighted by Gasteiger charge is -2.05. The van der Waals surface area contributed by atoms with Gasteiger partial charge in [-0.1, -0.05) is 17.3 Å². The van der Waals surface area contributed by atoms with E-state index in [2.05, 4.69) is 15.3 Å². The highest BCUT2D eigenvalue weighted by atomic mass is 32.1. The van der Waals surface area contributed by atoms with Gasteiger partial charge in [-0.05, 0) is 0 Å². The van der Waals surface area contributed by atoms with E-state index in [1.165, 1.54) is 0 Å². The summed E-state index contributed by atoms with van der Waals surface area (Å²) in [7, 11) is 0. The van der Waals surface area contributed by atoms with Crippen molar-refractivity contribution in [2.75, 3.05) is 11.6 Å². The highest BCUT2D eigenvalue weighted by Gasteiger charge is 2.15. The van der Waals surface area contributed by atoms with Gasteiger partial charge in [-0.3, -0.25) is 0 Å². The monoisotopic (exact) mass is 211 g/mol. The molecule has 2 rings (SSSR count). The van der Waals surface area contributed by atoms with E-state index in [0.29, 0.717) is 23.3 Å². The molecule has 14 heavy (non-hydrogen) atoms. The smallest absolute Gasteiger partial charge is 0.339 e. The third kappa shape index (κ3) is 1.87. The molecule has 0 radical (unpaired) electrons. The molecule has 0 bridgehead atoms. The predicted molar refractivity (Wildman–Crippen MR) is 55.2 cm³/mol. The summed E-state index contributed by atoms with van der Waals surface area (Å²) < 4.78 is 5.30.